The largest absolute Gasteiger partial charge is 0.485 e. The molecule has 0 spiro atoms. The molecule has 0 amide bonds. The highest BCUT2D eigenvalue weighted by atomic mass is 79.9. The quantitative estimate of drug-likeness (QED) is 0.839. The lowest BCUT2D eigenvalue weighted by molar-refractivity contribution is 0.0636. The van der Waals surface area contributed by atoms with Gasteiger partial charge < -0.3 is 9.84 Å². The molecular formula is C15H11BrF2O2. The second-order valence-electron chi connectivity index (χ2n) is 4.68. The first-order valence-corrected chi connectivity index (χ1v) is 6.93. The summed E-state index contributed by atoms with van der Waals surface area (Å²) >= 11 is 3.32. The number of fused-ring (bicyclic) bond motifs is 1. The molecule has 0 aromatic heterocycles. The minimum atomic E-state index is -0.928. The van der Waals surface area contributed by atoms with Gasteiger partial charge in [0.25, 0.3) is 0 Å². The van der Waals surface area contributed by atoms with Gasteiger partial charge in [0.1, 0.15) is 11.9 Å². The molecule has 0 saturated heterocycles. The van der Waals surface area contributed by atoms with E-state index in [1.54, 1.807) is 18.2 Å². The van der Waals surface area contributed by atoms with E-state index in [1.807, 2.05) is 0 Å². The van der Waals surface area contributed by atoms with E-state index in [0.29, 0.717) is 11.3 Å². The van der Waals surface area contributed by atoms with Crippen LogP contribution in [-0.4, -0.2) is 5.11 Å². The van der Waals surface area contributed by atoms with Crippen molar-refractivity contribution in [3.8, 4) is 5.75 Å². The summed E-state index contributed by atoms with van der Waals surface area (Å²) in [6, 6.07) is 9.22. The smallest absolute Gasteiger partial charge is 0.165 e. The van der Waals surface area contributed by atoms with Crippen LogP contribution in [0.5, 0.6) is 5.75 Å². The van der Waals surface area contributed by atoms with Gasteiger partial charge in [0.15, 0.2) is 11.6 Å². The van der Waals surface area contributed by atoms with E-state index in [-0.39, 0.29) is 12.0 Å². The summed E-state index contributed by atoms with van der Waals surface area (Å²) in [5, 5.41) is 10.1. The number of aliphatic hydroxyl groups excluding tert-OH is 1. The Morgan fingerprint density at radius 3 is 2.75 bits per heavy atom. The molecule has 3 rings (SSSR count). The Hall–Kier alpha value is -1.46. The average Bonchev–Trinajstić information content (AvgIpc) is 2.41. The predicted molar refractivity (Wildman–Crippen MR) is 73.4 cm³/mol. The maximum absolute atomic E-state index is 13.8. The van der Waals surface area contributed by atoms with Crippen molar-refractivity contribution in [3.63, 3.8) is 0 Å². The number of halogens is 3. The van der Waals surface area contributed by atoms with Crippen LogP contribution in [0.25, 0.3) is 0 Å². The number of ether oxygens (including phenoxy) is 1. The van der Waals surface area contributed by atoms with Crippen molar-refractivity contribution in [2.24, 2.45) is 0 Å². The lowest BCUT2D eigenvalue weighted by Crippen LogP contribution is -2.20. The van der Waals surface area contributed by atoms with Crippen molar-refractivity contribution >= 4 is 15.9 Å². The first-order valence-electron chi connectivity index (χ1n) is 6.14. The normalized spacial score (nSPS) is 21.2. The highest BCUT2D eigenvalue weighted by Crippen LogP contribution is 2.42. The number of hydrogen-bond acceptors (Lipinski definition) is 2. The van der Waals surface area contributed by atoms with Crippen molar-refractivity contribution in [2.75, 3.05) is 0 Å². The minimum absolute atomic E-state index is 0.120. The zero-order chi connectivity index (χ0) is 14.3. The molecule has 2 aromatic rings. The molecule has 2 atom stereocenters. The highest BCUT2D eigenvalue weighted by Gasteiger charge is 2.30. The van der Waals surface area contributed by atoms with E-state index < -0.39 is 23.8 Å². The minimum Gasteiger partial charge on any atom is -0.485 e. The molecule has 20 heavy (non-hydrogen) atoms. The van der Waals surface area contributed by atoms with Gasteiger partial charge in [0.2, 0.25) is 0 Å². The molecule has 0 fully saturated rings. The number of benzene rings is 2. The third kappa shape index (κ3) is 2.31. The van der Waals surface area contributed by atoms with Crippen LogP contribution >= 0.6 is 15.9 Å². The molecule has 2 nitrogen and oxygen atoms in total. The van der Waals surface area contributed by atoms with Gasteiger partial charge in [-0.25, -0.2) is 8.78 Å². The molecule has 0 bridgehead atoms. The Balaban J connectivity index is 2.00. The molecule has 0 saturated carbocycles. The van der Waals surface area contributed by atoms with Crippen LogP contribution in [0.4, 0.5) is 8.78 Å². The SMILES string of the molecule is O[C@@H]1CC(c2cccc(F)c2F)Oc2cc(Br)ccc21. The van der Waals surface area contributed by atoms with Gasteiger partial charge in [-0.1, -0.05) is 34.1 Å². The lowest BCUT2D eigenvalue weighted by Gasteiger charge is -2.30. The Kier molecular flexibility index (Phi) is 3.48. The fourth-order valence-electron chi connectivity index (χ4n) is 2.38. The van der Waals surface area contributed by atoms with Crippen LogP contribution in [0.2, 0.25) is 0 Å². The fraction of sp³-hybridized carbons (Fsp3) is 0.200. The number of aliphatic hydroxyl groups is 1. The second kappa shape index (κ2) is 5.14. The summed E-state index contributed by atoms with van der Waals surface area (Å²) in [5.74, 6) is -1.37. The van der Waals surface area contributed by atoms with Crippen LogP contribution in [0.15, 0.2) is 40.9 Å². The van der Waals surface area contributed by atoms with Crippen molar-refractivity contribution in [2.45, 2.75) is 18.6 Å². The van der Waals surface area contributed by atoms with Crippen molar-refractivity contribution in [3.05, 3.63) is 63.6 Å². The molecule has 2 aromatic carbocycles. The summed E-state index contributed by atoms with van der Waals surface area (Å²) in [5.41, 5.74) is 0.774. The summed E-state index contributed by atoms with van der Waals surface area (Å²) in [7, 11) is 0. The lowest BCUT2D eigenvalue weighted by atomic mass is 9.95. The van der Waals surface area contributed by atoms with Crippen LogP contribution in [0.1, 0.15) is 29.8 Å². The number of hydrogen-bond donors (Lipinski definition) is 1. The molecule has 1 aliphatic rings. The molecular weight excluding hydrogens is 330 g/mol. The van der Waals surface area contributed by atoms with E-state index in [9.17, 15) is 13.9 Å². The Labute approximate surface area is 123 Å². The maximum Gasteiger partial charge on any atom is 0.165 e. The first-order chi connectivity index (χ1) is 9.56. The third-order valence-electron chi connectivity index (χ3n) is 3.37. The van der Waals surface area contributed by atoms with Crippen LogP contribution in [0.3, 0.4) is 0 Å². The van der Waals surface area contributed by atoms with Crippen molar-refractivity contribution in [1.29, 1.82) is 0 Å². The summed E-state index contributed by atoms with van der Waals surface area (Å²) < 4.78 is 33.6. The monoisotopic (exact) mass is 340 g/mol. The van der Waals surface area contributed by atoms with Crippen LogP contribution < -0.4 is 4.74 Å². The molecule has 1 N–H and O–H groups in total. The Bertz CT molecular complexity index is 660. The van der Waals surface area contributed by atoms with Crippen molar-refractivity contribution in [1.82, 2.24) is 0 Å². The van der Waals surface area contributed by atoms with E-state index in [2.05, 4.69) is 15.9 Å². The van der Waals surface area contributed by atoms with E-state index in [0.717, 1.165) is 10.5 Å². The summed E-state index contributed by atoms with van der Waals surface area (Å²) in [6.07, 6.45) is -1.28. The van der Waals surface area contributed by atoms with Crippen LogP contribution in [0, 0.1) is 11.6 Å². The molecule has 5 heteroatoms. The van der Waals surface area contributed by atoms with Gasteiger partial charge in [0.05, 0.1) is 6.10 Å². The molecule has 0 radical (unpaired) electrons. The van der Waals surface area contributed by atoms with Crippen LogP contribution in [-0.2, 0) is 0 Å². The van der Waals surface area contributed by atoms with Gasteiger partial charge in [0, 0.05) is 22.0 Å². The molecule has 1 heterocycles. The highest BCUT2D eigenvalue weighted by molar-refractivity contribution is 9.10. The van der Waals surface area contributed by atoms with E-state index >= 15 is 0 Å². The van der Waals surface area contributed by atoms with Gasteiger partial charge in [-0.3, -0.25) is 0 Å². The fourth-order valence-corrected chi connectivity index (χ4v) is 2.72. The first kappa shape index (κ1) is 13.5. The van der Waals surface area contributed by atoms with E-state index in [1.165, 1.54) is 12.1 Å². The molecule has 1 aliphatic heterocycles. The zero-order valence-corrected chi connectivity index (χ0v) is 11.9. The molecule has 0 aliphatic carbocycles. The Morgan fingerprint density at radius 1 is 1.15 bits per heavy atom. The molecule has 104 valence electrons. The second-order valence-corrected chi connectivity index (χ2v) is 5.60. The predicted octanol–water partition coefficient (Wildman–Crippen LogP) is 4.28. The summed E-state index contributed by atoms with van der Waals surface area (Å²) in [6.45, 7) is 0. The number of rotatable bonds is 1. The zero-order valence-electron chi connectivity index (χ0n) is 10.3. The maximum atomic E-state index is 13.8. The summed E-state index contributed by atoms with van der Waals surface area (Å²) in [4.78, 5) is 0. The standard InChI is InChI=1S/C15H11BrF2O2/c16-8-4-5-9-12(19)7-14(20-13(9)6-8)10-2-1-3-11(17)15(10)18/h1-6,12,14,19H,7H2/t12-,14?/m1/s1. The topological polar surface area (TPSA) is 29.5 Å². The van der Waals surface area contributed by atoms with Crippen molar-refractivity contribution < 1.29 is 18.6 Å². The molecule has 1 unspecified atom stereocenters. The van der Waals surface area contributed by atoms with E-state index in [4.69, 9.17) is 4.74 Å². The third-order valence-corrected chi connectivity index (χ3v) is 3.86. The van der Waals surface area contributed by atoms with Gasteiger partial charge in [-0.05, 0) is 18.2 Å². The van der Waals surface area contributed by atoms with Gasteiger partial charge >= 0.3 is 0 Å². The Morgan fingerprint density at radius 2 is 1.95 bits per heavy atom. The average molecular weight is 341 g/mol. The van der Waals surface area contributed by atoms with Gasteiger partial charge in [-0.15, -0.1) is 0 Å². The van der Waals surface area contributed by atoms with Gasteiger partial charge in [-0.2, -0.15) is 0 Å².